The molecule has 0 aliphatic carbocycles. The smallest absolute Gasteiger partial charge is 0.258 e. The largest absolute Gasteiger partial charge is 0.486 e. The van der Waals surface area contributed by atoms with Gasteiger partial charge in [0.05, 0.1) is 10.4 Å². The van der Waals surface area contributed by atoms with Gasteiger partial charge in [0.2, 0.25) is 0 Å². The minimum Gasteiger partial charge on any atom is -0.486 e. The number of piperazine rings is 1. The highest BCUT2D eigenvalue weighted by Crippen LogP contribution is 2.27. The Hall–Kier alpha value is -3.12. The zero-order chi connectivity index (χ0) is 25.1. The van der Waals surface area contributed by atoms with E-state index in [2.05, 4.69) is 42.1 Å². The van der Waals surface area contributed by atoms with Crippen LogP contribution in [-0.4, -0.2) is 76.1 Å². The lowest BCUT2D eigenvalue weighted by atomic mass is 10.2. The van der Waals surface area contributed by atoms with E-state index in [9.17, 15) is 9.18 Å². The normalized spacial score (nSPS) is 14.9. The lowest BCUT2D eigenvalue weighted by Gasteiger charge is -2.32. The van der Waals surface area contributed by atoms with Crippen LogP contribution in [0.4, 0.5) is 9.52 Å². The first-order valence-corrected chi connectivity index (χ1v) is 12.8. The number of likely N-dealkylation sites (N-methyl/N-ethyl adjacent to an activating group) is 1. The fourth-order valence-electron chi connectivity index (χ4n) is 3.94. The van der Waals surface area contributed by atoms with Crippen molar-refractivity contribution in [3.05, 3.63) is 62.9 Å². The van der Waals surface area contributed by atoms with Crippen molar-refractivity contribution in [1.29, 1.82) is 0 Å². The maximum Gasteiger partial charge on any atom is 0.258 e. The second-order valence-electron chi connectivity index (χ2n) is 8.54. The Labute approximate surface area is 215 Å². The molecule has 0 radical (unpaired) electrons. The molecule has 0 unspecified atom stereocenters. The number of aromatic amines is 1. The summed E-state index contributed by atoms with van der Waals surface area (Å²) in [6, 6.07) is 5.67. The zero-order valence-electron chi connectivity index (χ0n) is 19.6. The van der Waals surface area contributed by atoms with Crippen molar-refractivity contribution in [3.63, 3.8) is 0 Å². The van der Waals surface area contributed by atoms with Gasteiger partial charge in [0.25, 0.3) is 5.56 Å². The maximum absolute atomic E-state index is 13.4. The Bertz CT molecular complexity index is 1420. The van der Waals surface area contributed by atoms with E-state index < -0.39 is 5.82 Å². The lowest BCUT2D eigenvalue weighted by molar-refractivity contribution is 0.158. The first-order valence-electron chi connectivity index (χ1n) is 11.5. The summed E-state index contributed by atoms with van der Waals surface area (Å²) in [5.41, 5.74) is 1.29. The van der Waals surface area contributed by atoms with Crippen molar-refractivity contribution in [1.82, 2.24) is 29.7 Å². The average molecular weight is 530 g/mol. The van der Waals surface area contributed by atoms with Crippen molar-refractivity contribution >= 4 is 39.0 Å². The molecule has 0 spiro atoms. The molecule has 0 bridgehead atoms. The van der Waals surface area contributed by atoms with Crippen LogP contribution in [-0.2, 0) is 6.61 Å². The van der Waals surface area contributed by atoms with Crippen molar-refractivity contribution in [2.45, 2.75) is 6.61 Å². The number of anilines is 1. The molecular weight excluding hydrogens is 505 g/mol. The van der Waals surface area contributed by atoms with Crippen LogP contribution >= 0.6 is 22.9 Å². The Kier molecular flexibility index (Phi) is 7.42. The SMILES string of the molecule is CN1CCN(CCNc2nc(-c3nccc4c(=O)[nH]c(COc5ccc(F)c(Cl)c5)nc34)cs2)CC1. The maximum atomic E-state index is 13.4. The highest BCUT2D eigenvalue weighted by molar-refractivity contribution is 7.14. The summed E-state index contributed by atoms with van der Waals surface area (Å²) in [7, 11) is 2.15. The molecule has 1 saturated heterocycles. The Morgan fingerprint density at radius 3 is 2.86 bits per heavy atom. The number of ether oxygens (including phenoxy) is 1. The third kappa shape index (κ3) is 5.65. The van der Waals surface area contributed by atoms with Crippen LogP contribution in [0.2, 0.25) is 5.02 Å². The summed E-state index contributed by atoms with van der Waals surface area (Å²) < 4.78 is 19.0. The zero-order valence-corrected chi connectivity index (χ0v) is 21.2. The number of rotatable bonds is 8. The van der Waals surface area contributed by atoms with Crippen LogP contribution in [0.5, 0.6) is 5.75 Å². The van der Waals surface area contributed by atoms with E-state index in [1.54, 1.807) is 12.3 Å². The van der Waals surface area contributed by atoms with Crippen molar-refractivity contribution < 1.29 is 9.13 Å². The Morgan fingerprint density at radius 2 is 2.06 bits per heavy atom. The molecule has 1 aliphatic rings. The van der Waals surface area contributed by atoms with Crippen molar-refractivity contribution in [2.75, 3.05) is 51.6 Å². The molecule has 12 heteroatoms. The summed E-state index contributed by atoms with van der Waals surface area (Å²) in [4.78, 5) is 34.0. The summed E-state index contributed by atoms with van der Waals surface area (Å²) in [5, 5.41) is 6.45. The third-order valence-corrected chi connectivity index (χ3v) is 7.08. The van der Waals surface area contributed by atoms with Crippen LogP contribution < -0.4 is 15.6 Å². The number of hydrogen-bond donors (Lipinski definition) is 2. The molecule has 4 aromatic rings. The summed E-state index contributed by atoms with van der Waals surface area (Å²) in [6.07, 6.45) is 1.57. The Balaban J connectivity index is 1.30. The molecule has 0 saturated carbocycles. The number of H-pyrrole nitrogens is 1. The molecule has 3 aromatic heterocycles. The van der Waals surface area contributed by atoms with Gasteiger partial charge in [-0.2, -0.15) is 0 Å². The van der Waals surface area contributed by atoms with Crippen molar-refractivity contribution in [2.24, 2.45) is 0 Å². The summed E-state index contributed by atoms with van der Waals surface area (Å²) in [6.45, 7) is 6.04. The molecule has 5 rings (SSSR count). The van der Waals surface area contributed by atoms with E-state index in [-0.39, 0.29) is 17.2 Å². The summed E-state index contributed by atoms with van der Waals surface area (Å²) >= 11 is 7.30. The monoisotopic (exact) mass is 529 g/mol. The Morgan fingerprint density at radius 1 is 1.22 bits per heavy atom. The minimum atomic E-state index is -0.534. The molecule has 36 heavy (non-hydrogen) atoms. The number of aromatic nitrogens is 4. The quantitative estimate of drug-likeness (QED) is 0.358. The van der Waals surface area contributed by atoms with E-state index in [1.807, 2.05) is 5.38 Å². The van der Waals surface area contributed by atoms with Gasteiger partial charge in [-0.05, 0) is 25.2 Å². The summed E-state index contributed by atoms with van der Waals surface area (Å²) in [5.74, 6) is 0.138. The molecule has 1 aliphatic heterocycles. The van der Waals surface area contributed by atoms with Crippen molar-refractivity contribution in [3.8, 4) is 17.1 Å². The molecule has 9 nitrogen and oxygen atoms in total. The van der Waals surface area contributed by atoms with Gasteiger partial charge in [-0.3, -0.25) is 14.7 Å². The van der Waals surface area contributed by atoms with Gasteiger partial charge in [0, 0.05) is 56.9 Å². The van der Waals surface area contributed by atoms with Crippen LogP contribution in [0.15, 0.2) is 40.6 Å². The fraction of sp³-hybridized carbons (Fsp3) is 0.333. The number of nitrogens with zero attached hydrogens (tertiary/aromatic N) is 5. The van der Waals surface area contributed by atoms with Gasteiger partial charge in [-0.1, -0.05) is 11.6 Å². The molecule has 0 amide bonds. The molecular formula is C24H25ClFN7O2S. The number of halogens is 2. The lowest BCUT2D eigenvalue weighted by Crippen LogP contribution is -2.45. The number of nitrogens with one attached hydrogen (secondary N) is 2. The predicted octanol–water partition coefficient (Wildman–Crippen LogP) is 3.47. The molecule has 1 fully saturated rings. The van der Waals surface area contributed by atoms with Crippen LogP contribution in [0, 0.1) is 5.82 Å². The number of hydrogen-bond acceptors (Lipinski definition) is 9. The van der Waals surface area contributed by atoms with Gasteiger partial charge in [-0.25, -0.2) is 14.4 Å². The minimum absolute atomic E-state index is 0.0301. The number of fused-ring (bicyclic) bond motifs is 1. The highest BCUT2D eigenvalue weighted by atomic mass is 35.5. The van der Waals surface area contributed by atoms with Gasteiger partial charge < -0.3 is 19.9 Å². The fourth-order valence-corrected chi connectivity index (χ4v) is 4.84. The van der Waals surface area contributed by atoms with Gasteiger partial charge in [0.1, 0.15) is 40.9 Å². The van der Waals surface area contributed by atoms with Gasteiger partial charge in [0.15, 0.2) is 5.13 Å². The van der Waals surface area contributed by atoms with E-state index in [1.165, 1.54) is 29.5 Å². The second kappa shape index (κ2) is 10.9. The third-order valence-electron chi connectivity index (χ3n) is 5.99. The molecule has 1 aromatic carbocycles. The average Bonchev–Trinajstić information content (AvgIpc) is 3.34. The number of benzene rings is 1. The predicted molar refractivity (Wildman–Crippen MR) is 139 cm³/mol. The molecule has 0 atom stereocenters. The molecule has 2 N–H and O–H groups in total. The highest BCUT2D eigenvalue weighted by Gasteiger charge is 2.16. The second-order valence-corrected chi connectivity index (χ2v) is 9.81. The van der Waals surface area contributed by atoms with Crippen LogP contribution in [0.3, 0.4) is 0 Å². The van der Waals surface area contributed by atoms with E-state index in [0.29, 0.717) is 33.9 Å². The van der Waals surface area contributed by atoms with E-state index in [4.69, 9.17) is 16.3 Å². The van der Waals surface area contributed by atoms with Gasteiger partial charge >= 0.3 is 0 Å². The van der Waals surface area contributed by atoms with Gasteiger partial charge in [-0.15, -0.1) is 11.3 Å². The first kappa shape index (κ1) is 24.6. The van der Waals surface area contributed by atoms with Crippen LogP contribution in [0.25, 0.3) is 22.3 Å². The molecule has 188 valence electrons. The van der Waals surface area contributed by atoms with Crippen LogP contribution in [0.1, 0.15) is 5.82 Å². The standard InChI is InChI=1S/C24H25ClFN7O2S/c1-32-8-10-33(11-9-32)7-6-28-24-29-19(14-36-24)22-21-16(4-5-27-22)23(34)31-20(30-21)13-35-15-2-3-18(26)17(25)12-15/h2-5,12,14H,6-11,13H2,1H3,(H,28,29)(H,30,31,34). The first-order chi connectivity index (χ1) is 17.5. The van der Waals surface area contributed by atoms with E-state index in [0.717, 1.165) is 44.4 Å². The number of pyridine rings is 1. The number of thiazole rings is 1. The molecule has 4 heterocycles. The topological polar surface area (TPSA) is 99.3 Å². The van der Waals surface area contributed by atoms with E-state index >= 15 is 0 Å².